The Hall–Kier alpha value is -1.50. The van der Waals surface area contributed by atoms with Gasteiger partial charge >= 0.3 is 0 Å². The first-order valence-electron chi connectivity index (χ1n) is 6.28. The molecule has 0 aliphatic carbocycles. The van der Waals surface area contributed by atoms with Gasteiger partial charge < -0.3 is 23.7 Å². The van der Waals surface area contributed by atoms with Crippen molar-refractivity contribution >= 4 is 17.9 Å². The summed E-state index contributed by atoms with van der Waals surface area (Å²) in [4.78, 5) is 11.1. The van der Waals surface area contributed by atoms with Crippen LogP contribution in [0.3, 0.4) is 0 Å². The summed E-state index contributed by atoms with van der Waals surface area (Å²) in [5.41, 5.74) is 0.286. The van der Waals surface area contributed by atoms with Crippen LogP contribution in [-0.4, -0.2) is 54.0 Å². The summed E-state index contributed by atoms with van der Waals surface area (Å²) in [5, 5.41) is 0.186. The van der Waals surface area contributed by atoms with Gasteiger partial charge in [-0.2, -0.15) is 0 Å². The molecule has 1 aromatic carbocycles. The van der Waals surface area contributed by atoms with E-state index < -0.39 is 0 Å². The van der Waals surface area contributed by atoms with Gasteiger partial charge in [-0.3, -0.25) is 4.79 Å². The van der Waals surface area contributed by atoms with E-state index in [1.54, 1.807) is 14.2 Å². The van der Waals surface area contributed by atoms with Gasteiger partial charge in [0.2, 0.25) is 0 Å². The van der Waals surface area contributed by atoms with Crippen molar-refractivity contribution in [2.75, 3.05) is 47.8 Å². The number of rotatable bonds is 10. The Bertz CT molecular complexity index is 463. The Morgan fingerprint density at radius 1 is 1.00 bits per heavy atom. The van der Waals surface area contributed by atoms with Crippen LogP contribution < -0.4 is 14.2 Å². The summed E-state index contributed by atoms with van der Waals surface area (Å²) in [6.07, 6.45) is 0.646. The highest BCUT2D eigenvalue weighted by molar-refractivity contribution is 6.34. The number of aldehydes is 1. The van der Waals surface area contributed by atoms with Crippen molar-refractivity contribution in [1.29, 1.82) is 0 Å². The fourth-order valence-electron chi connectivity index (χ4n) is 1.61. The quantitative estimate of drug-likeness (QED) is 0.487. The number of ether oxygens (including phenoxy) is 5. The van der Waals surface area contributed by atoms with Gasteiger partial charge in [-0.15, -0.1) is 0 Å². The lowest BCUT2D eigenvalue weighted by Crippen LogP contribution is -2.10. The average Bonchev–Trinajstić information content (AvgIpc) is 2.49. The van der Waals surface area contributed by atoms with Gasteiger partial charge in [0.05, 0.1) is 25.9 Å². The van der Waals surface area contributed by atoms with Crippen molar-refractivity contribution in [2.24, 2.45) is 0 Å². The van der Waals surface area contributed by atoms with E-state index in [0.717, 1.165) is 0 Å². The number of hydrogen-bond acceptors (Lipinski definition) is 6. The standard InChI is InChI=1S/C14H19ClO6/c1-17-4-6-20-11-8-10(9-16)13(19-3)12(15)14(11)21-7-5-18-2/h8-9H,4-7H2,1-3H3. The molecular formula is C14H19ClO6. The number of benzene rings is 1. The lowest BCUT2D eigenvalue weighted by molar-refractivity contribution is 0.111. The fourth-order valence-corrected chi connectivity index (χ4v) is 1.94. The molecule has 0 saturated carbocycles. The van der Waals surface area contributed by atoms with E-state index in [9.17, 15) is 4.79 Å². The molecule has 0 aliphatic rings. The first-order valence-corrected chi connectivity index (χ1v) is 6.66. The molecule has 0 radical (unpaired) electrons. The minimum atomic E-state index is 0.186. The van der Waals surface area contributed by atoms with E-state index in [-0.39, 0.29) is 16.3 Å². The van der Waals surface area contributed by atoms with Gasteiger partial charge in [-0.05, 0) is 6.07 Å². The molecule has 0 aliphatic heterocycles. The molecule has 1 rings (SSSR count). The number of methoxy groups -OCH3 is 3. The lowest BCUT2D eigenvalue weighted by atomic mass is 10.2. The van der Waals surface area contributed by atoms with E-state index in [4.69, 9.17) is 35.3 Å². The monoisotopic (exact) mass is 318 g/mol. The van der Waals surface area contributed by atoms with Gasteiger partial charge in [0.1, 0.15) is 18.2 Å². The Labute approximate surface area is 128 Å². The summed E-state index contributed by atoms with van der Waals surface area (Å²) in [6.45, 7) is 1.39. The van der Waals surface area contributed by atoms with Gasteiger partial charge in [-0.25, -0.2) is 0 Å². The zero-order valence-corrected chi connectivity index (χ0v) is 13.1. The summed E-state index contributed by atoms with van der Waals surface area (Å²) < 4.78 is 26.1. The number of halogens is 1. The molecule has 0 spiro atoms. The van der Waals surface area contributed by atoms with E-state index >= 15 is 0 Å². The third-order valence-electron chi connectivity index (χ3n) is 2.58. The summed E-state index contributed by atoms with van der Waals surface area (Å²) in [7, 11) is 4.56. The smallest absolute Gasteiger partial charge is 0.183 e. The van der Waals surface area contributed by atoms with Gasteiger partial charge in [0.15, 0.2) is 23.5 Å². The maximum absolute atomic E-state index is 11.1. The van der Waals surface area contributed by atoms with Crippen molar-refractivity contribution in [3.05, 3.63) is 16.7 Å². The van der Waals surface area contributed by atoms with Crippen molar-refractivity contribution in [3.8, 4) is 17.2 Å². The first kappa shape index (κ1) is 17.6. The normalized spacial score (nSPS) is 10.3. The number of carbonyl (C=O) groups excluding carboxylic acids is 1. The first-order chi connectivity index (χ1) is 10.2. The third kappa shape index (κ3) is 4.77. The minimum absolute atomic E-state index is 0.186. The number of carbonyl (C=O) groups is 1. The van der Waals surface area contributed by atoms with Crippen LogP contribution in [0.25, 0.3) is 0 Å². The van der Waals surface area contributed by atoms with Crippen LogP contribution >= 0.6 is 11.6 Å². The molecule has 7 heteroatoms. The van der Waals surface area contributed by atoms with Crippen LogP contribution in [0.5, 0.6) is 17.2 Å². The molecule has 0 saturated heterocycles. The topological polar surface area (TPSA) is 63.2 Å². The molecule has 0 heterocycles. The highest BCUT2D eigenvalue weighted by Gasteiger charge is 2.20. The van der Waals surface area contributed by atoms with E-state index in [1.165, 1.54) is 13.2 Å². The van der Waals surface area contributed by atoms with Crippen LogP contribution in [0, 0.1) is 0 Å². The molecule has 6 nitrogen and oxygen atoms in total. The molecular weight excluding hydrogens is 300 g/mol. The molecule has 0 amide bonds. The molecule has 0 atom stereocenters. The molecule has 21 heavy (non-hydrogen) atoms. The molecule has 0 unspecified atom stereocenters. The average molecular weight is 319 g/mol. The maximum Gasteiger partial charge on any atom is 0.183 e. The Morgan fingerprint density at radius 2 is 1.62 bits per heavy atom. The van der Waals surface area contributed by atoms with Crippen molar-refractivity contribution in [1.82, 2.24) is 0 Å². The van der Waals surface area contributed by atoms with E-state index in [1.807, 2.05) is 0 Å². The van der Waals surface area contributed by atoms with E-state index in [0.29, 0.717) is 44.2 Å². The molecule has 0 N–H and O–H groups in total. The highest BCUT2D eigenvalue weighted by atomic mass is 35.5. The van der Waals surface area contributed by atoms with Gasteiger partial charge in [-0.1, -0.05) is 11.6 Å². The Kier molecular flexibility index (Phi) is 7.89. The van der Waals surface area contributed by atoms with Gasteiger partial charge in [0.25, 0.3) is 0 Å². The Morgan fingerprint density at radius 3 is 2.14 bits per heavy atom. The second-order valence-corrected chi connectivity index (χ2v) is 4.32. The fraction of sp³-hybridized carbons (Fsp3) is 0.500. The molecule has 118 valence electrons. The third-order valence-corrected chi connectivity index (χ3v) is 2.92. The molecule has 1 aromatic rings. The highest BCUT2D eigenvalue weighted by Crippen LogP contribution is 2.43. The van der Waals surface area contributed by atoms with Gasteiger partial charge in [0, 0.05) is 14.2 Å². The maximum atomic E-state index is 11.1. The summed E-state index contributed by atoms with van der Waals surface area (Å²) in [6, 6.07) is 1.52. The molecule has 0 bridgehead atoms. The molecule has 0 fully saturated rings. The van der Waals surface area contributed by atoms with Crippen molar-refractivity contribution in [2.45, 2.75) is 0 Å². The summed E-state index contributed by atoms with van der Waals surface area (Å²) in [5.74, 6) is 0.918. The van der Waals surface area contributed by atoms with Crippen LogP contribution in [0.4, 0.5) is 0 Å². The second-order valence-electron chi connectivity index (χ2n) is 3.94. The second kappa shape index (κ2) is 9.44. The zero-order valence-electron chi connectivity index (χ0n) is 12.3. The van der Waals surface area contributed by atoms with Crippen LogP contribution in [0.1, 0.15) is 10.4 Å². The summed E-state index contributed by atoms with van der Waals surface area (Å²) >= 11 is 6.23. The SMILES string of the molecule is COCCOc1cc(C=O)c(OC)c(Cl)c1OCCOC. The van der Waals surface area contributed by atoms with Crippen LogP contribution in [0.2, 0.25) is 5.02 Å². The number of hydrogen-bond donors (Lipinski definition) is 0. The largest absolute Gasteiger partial charge is 0.494 e. The van der Waals surface area contributed by atoms with Crippen LogP contribution in [0.15, 0.2) is 6.07 Å². The van der Waals surface area contributed by atoms with Crippen molar-refractivity contribution in [3.63, 3.8) is 0 Å². The zero-order chi connectivity index (χ0) is 15.7. The Balaban J connectivity index is 3.10. The predicted molar refractivity (Wildman–Crippen MR) is 78.1 cm³/mol. The molecule has 0 aromatic heterocycles. The van der Waals surface area contributed by atoms with Crippen molar-refractivity contribution < 1.29 is 28.5 Å². The van der Waals surface area contributed by atoms with E-state index in [2.05, 4.69) is 0 Å². The van der Waals surface area contributed by atoms with Crippen LogP contribution in [-0.2, 0) is 9.47 Å². The minimum Gasteiger partial charge on any atom is -0.494 e. The lowest BCUT2D eigenvalue weighted by Gasteiger charge is -2.17. The predicted octanol–water partition coefficient (Wildman–Crippen LogP) is 2.21.